The van der Waals surface area contributed by atoms with Crippen LogP contribution in [0.25, 0.3) is 0 Å². The second-order valence-corrected chi connectivity index (χ2v) is 4.52. The van der Waals surface area contributed by atoms with Crippen LogP contribution in [0.4, 0.5) is 0 Å². The third-order valence-electron chi connectivity index (χ3n) is 2.93. The predicted octanol–water partition coefficient (Wildman–Crippen LogP) is 5.24. The summed E-state index contributed by atoms with van der Waals surface area (Å²) in [6, 6.07) is 8.97. The molecule has 0 spiro atoms. The molecule has 88 valence electrons. The molecule has 1 atom stereocenters. The summed E-state index contributed by atoms with van der Waals surface area (Å²) in [4.78, 5) is 0. The quantitative estimate of drug-likeness (QED) is 0.571. The predicted molar refractivity (Wildman–Crippen MR) is 72.9 cm³/mol. The molecule has 0 saturated carbocycles. The van der Waals surface area contributed by atoms with E-state index in [-0.39, 0.29) is 0 Å². The minimum atomic E-state index is 0.608. The van der Waals surface area contributed by atoms with Gasteiger partial charge >= 0.3 is 0 Å². The largest absolute Gasteiger partial charge is 0.0879 e. The van der Waals surface area contributed by atoms with Crippen molar-refractivity contribution < 1.29 is 0 Å². The second kappa shape index (κ2) is 7.27. The van der Waals surface area contributed by atoms with Gasteiger partial charge in [0.25, 0.3) is 0 Å². The lowest BCUT2D eigenvalue weighted by Crippen LogP contribution is -1.94. The third kappa shape index (κ3) is 4.22. The van der Waals surface area contributed by atoms with Crippen LogP contribution in [0.2, 0.25) is 0 Å². The normalized spacial score (nSPS) is 13.2. The molecule has 0 saturated heterocycles. The molecular weight excluding hydrogens is 192 g/mol. The van der Waals surface area contributed by atoms with Crippen molar-refractivity contribution in [1.82, 2.24) is 0 Å². The number of unbranched alkanes of at least 4 members (excludes halogenated alkanes) is 1. The van der Waals surface area contributed by atoms with Gasteiger partial charge in [-0.25, -0.2) is 0 Å². The van der Waals surface area contributed by atoms with Crippen molar-refractivity contribution in [3.05, 3.63) is 47.5 Å². The minimum Gasteiger partial charge on any atom is -0.0879 e. The maximum absolute atomic E-state index is 2.39. The van der Waals surface area contributed by atoms with Crippen molar-refractivity contribution in [3.8, 4) is 0 Å². The van der Waals surface area contributed by atoms with Crippen molar-refractivity contribution >= 4 is 0 Å². The van der Waals surface area contributed by atoms with Crippen LogP contribution in [-0.4, -0.2) is 0 Å². The monoisotopic (exact) mass is 216 g/mol. The first-order valence-corrected chi connectivity index (χ1v) is 6.51. The molecule has 1 aromatic rings. The van der Waals surface area contributed by atoms with Gasteiger partial charge in [0.2, 0.25) is 0 Å². The Kier molecular flexibility index (Phi) is 5.92. The van der Waals surface area contributed by atoms with E-state index in [0.29, 0.717) is 5.92 Å². The first-order chi connectivity index (χ1) is 7.77. The van der Waals surface area contributed by atoms with Crippen molar-refractivity contribution in [3.63, 3.8) is 0 Å². The fourth-order valence-corrected chi connectivity index (χ4v) is 1.93. The van der Waals surface area contributed by atoms with E-state index < -0.39 is 0 Å². The molecule has 0 N–H and O–H groups in total. The highest BCUT2D eigenvalue weighted by molar-refractivity contribution is 5.27. The Hall–Kier alpha value is -1.04. The van der Waals surface area contributed by atoms with Crippen LogP contribution in [-0.2, 0) is 0 Å². The zero-order chi connectivity index (χ0) is 11.8. The van der Waals surface area contributed by atoms with Gasteiger partial charge in [-0.15, -0.1) is 0 Å². The SMILES string of the molecule is CCCC=CC(CCC)c1ccc(C)cc1. The Morgan fingerprint density at radius 3 is 2.31 bits per heavy atom. The molecule has 16 heavy (non-hydrogen) atoms. The van der Waals surface area contributed by atoms with Gasteiger partial charge in [0.15, 0.2) is 0 Å². The standard InChI is InChI=1S/C16H24/c1-4-6-7-9-15(8-5-2)16-12-10-14(3)11-13-16/h7,9-13,15H,4-6,8H2,1-3H3. The summed E-state index contributed by atoms with van der Waals surface area (Å²) in [6.45, 7) is 6.63. The molecule has 0 radical (unpaired) electrons. The van der Waals surface area contributed by atoms with Crippen molar-refractivity contribution in [2.75, 3.05) is 0 Å². The summed E-state index contributed by atoms with van der Waals surface area (Å²) in [5.74, 6) is 0.608. The molecule has 0 heterocycles. The molecule has 0 aliphatic rings. The molecule has 0 aliphatic carbocycles. The van der Waals surface area contributed by atoms with E-state index in [0.717, 1.165) is 0 Å². The topological polar surface area (TPSA) is 0 Å². The van der Waals surface area contributed by atoms with Crippen molar-refractivity contribution in [2.45, 2.75) is 52.4 Å². The number of hydrogen-bond acceptors (Lipinski definition) is 0. The molecule has 0 heteroatoms. The van der Waals surface area contributed by atoms with Gasteiger partial charge in [-0.3, -0.25) is 0 Å². The van der Waals surface area contributed by atoms with Crippen LogP contribution >= 0.6 is 0 Å². The average molecular weight is 216 g/mol. The van der Waals surface area contributed by atoms with Gasteiger partial charge in [0.05, 0.1) is 0 Å². The van der Waals surface area contributed by atoms with Crippen LogP contribution in [0.15, 0.2) is 36.4 Å². The van der Waals surface area contributed by atoms with E-state index in [9.17, 15) is 0 Å². The van der Waals surface area contributed by atoms with Crippen LogP contribution in [0, 0.1) is 6.92 Å². The molecule has 0 amide bonds. The van der Waals surface area contributed by atoms with E-state index in [1.54, 1.807) is 0 Å². The minimum absolute atomic E-state index is 0.608. The van der Waals surface area contributed by atoms with Gasteiger partial charge < -0.3 is 0 Å². The zero-order valence-corrected chi connectivity index (χ0v) is 10.9. The fraction of sp³-hybridized carbons (Fsp3) is 0.500. The number of hydrogen-bond donors (Lipinski definition) is 0. The Morgan fingerprint density at radius 1 is 1.06 bits per heavy atom. The lowest BCUT2D eigenvalue weighted by Gasteiger charge is -2.12. The Morgan fingerprint density at radius 2 is 1.75 bits per heavy atom. The molecule has 0 nitrogen and oxygen atoms in total. The summed E-state index contributed by atoms with van der Waals surface area (Å²) in [6.07, 6.45) is 9.66. The number of aryl methyl sites for hydroxylation is 1. The highest BCUT2D eigenvalue weighted by Crippen LogP contribution is 2.23. The molecule has 0 bridgehead atoms. The smallest absolute Gasteiger partial charge is 0.00178 e. The van der Waals surface area contributed by atoms with Crippen LogP contribution < -0.4 is 0 Å². The Balaban J connectivity index is 2.72. The van der Waals surface area contributed by atoms with Crippen molar-refractivity contribution in [1.29, 1.82) is 0 Å². The van der Waals surface area contributed by atoms with Crippen LogP contribution in [0.1, 0.15) is 56.6 Å². The summed E-state index contributed by atoms with van der Waals surface area (Å²) < 4.78 is 0. The number of rotatable bonds is 6. The maximum atomic E-state index is 2.39. The lowest BCUT2D eigenvalue weighted by molar-refractivity contribution is 0.714. The molecule has 0 fully saturated rings. The summed E-state index contributed by atoms with van der Waals surface area (Å²) >= 11 is 0. The first-order valence-electron chi connectivity index (χ1n) is 6.51. The molecule has 1 rings (SSSR count). The molecular formula is C16H24. The average Bonchev–Trinajstić information content (AvgIpc) is 2.29. The highest BCUT2D eigenvalue weighted by Gasteiger charge is 2.05. The second-order valence-electron chi connectivity index (χ2n) is 4.52. The Bertz CT molecular complexity index is 305. The summed E-state index contributed by atoms with van der Waals surface area (Å²) in [5, 5.41) is 0. The number of benzene rings is 1. The first kappa shape index (κ1) is 13.0. The fourth-order valence-electron chi connectivity index (χ4n) is 1.93. The summed E-state index contributed by atoms with van der Waals surface area (Å²) in [5.41, 5.74) is 2.80. The summed E-state index contributed by atoms with van der Waals surface area (Å²) in [7, 11) is 0. The van der Waals surface area contributed by atoms with E-state index in [2.05, 4.69) is 57.2 Å². The van der Waals surface area contributed by atoms with E-state index >= 15 is 0 Å². The third-order valence-corrected chi connectivity index (χ3v) is 2.93. The lowest BCUT2D eigenvalue weighted by atomic mass is 9.93. The highest BCUT2D eigenvalue weighted by atomic mass is 14.1. The molecule has 1 aromatic carbocycles. The molecule has 0 aromatic heterocycles. The van der Waals surface area contributed by atoms with Gasteiger partial charge in [0, 0.05) is 5.92 Å². The number of allylic oxidation sites excluding steroid dienone is 2. The van der Waals surface area contributed by atoms with Gasteiger partial charge in [0.1, 0.15) is 0 Å². The zero-order valence-electron chi connectivity index (χ0n) is 10.9. The molecule has 1 unspecified atom stereocenters. The van der Waals surface area contributed by atoms with Crippen molar-refractivity contribution in [2.24, 2.45) is 0 Å². The van der Waals surface area contributed by atoms with Crippen LogP contribution in [0.3, 0.4) is 0 Å². The van der Waals surface area contributed by atoms with E-state index in [1.165, 1.54) is 36.8 Å². The van der Waals surface area contributed by atoms with E-state index in [4.69, 9.17) is 0 Å². The maximum Gasteiger partial charge on any atom is 0.00178 e. The van der Waals surface area contributed by atoms with Gasteiger partial charge in [-0.2, -0.15) is 0 Å². The van der Waals surface area contributed by atoms with Crippen LogP contribution in [0.5, 0.6) is 0 Å². The van der Waals surface area contributed by atoms with Gasteiger partial charge in [-0.05, 0) is 25.3 Å². The molecule has 0 aliphatic heterocycles. The van der Waals surface area contributed by atoms with E-state index in [1.807, 2.05) is 0 Å². The van der Waals surface area contributed by atoms with Gasteiger partial charge in [-0.1, -0.05) is 68.7 Å². The Labute approximate surface area is 100 Å².